The van der Waals surface area contributed by atoms with Crippen molar-refractivity contribution in [3.63, 3.8) is 0 Å². The molecule has 0 spiro atoms. The number of carbonyl (C=O) groups is 1. The van der Waals surface area contributed by atoms with Gasteiger partial charge in [-0.15, -0.1) is 0 Å². The van der Waals surface area contributed by atoms with Crippen molar-refractivity contribution in [2.75, 3.05) is 0 Å². The molecule has 2 aromatic carbocycles. The third-order valence-electron chi connectivity index (χ3n) is 2.53. The smallest absolute Gasteiger partial charge is 0.205 e. The van der Waals surface area contributed by atoms with E-state index >= 15 is 0 Å². The van der Waals surface area contributed by atoms with Crippen LogP contribution in [0.3, 0.4) is 0 Å². The molecule has 0 N–H and O–H groups in total. The molecule has 4 nitrogen and oxygen atoms in total. The van der Waals surface area contributed by atoms with Crippen LogP contribution in [-0.4, -0.2) is 6.29 Å². The summed E-state index contributed by atoms with van der Waals surface area (Å²) in [4.78, 5) is 13.9. The van der Waals surface area contributed by atoms with Crippen molar-refractivity contribution in [1.29, 1.82) is 5.26 Å². The van der Waals surface area contributed by atoms with Crippen molar-refractivity contribution < 1.29 is 9.53 Å². The van der Waals surface area contributed by atoms with Gasteiger partial charge in [0.15, 0.2) is 0 Å². The van der Waals surface area contributed by atoms with Crippen LogP contribution < -0.4 is 4.74 Å². The molecule has 0 bridgehead atoms. The Hall–Kier alpha value is -2.82. The first-order chi connectivity index (χ1) is 9.67. The first-order valence-corrected chi connectivity index (χ1v) is 5.90. The van der Waals surface area contributed by atoms with E-state index in [2.05, 4.69) is 4.85 Å². The first kappa shape index (κ1) is 13.6. The van der Waals surface area contributed by atoms with Crippen LogP contribution in [0.4, 0.5) is 5.69 Å². The number of aldehydes is 1. The summed E-state index contributed by atoms with van der Waals surface area (Å²) in [6.45, 7) is 6.91. The summed E-state index contributed by atoms with van der Waals surface area (Å²) in [5, 5.41) is 9.32. The van der Waals surface area contributed by atoms with Gasteiger partial charge in [0.1, 0.15) is 23.9 Å². The lowest BCUT2D eigenvalue weighted by atomic mass is 10.1. The average Bonchev–Trinajstić information content (AvgIpc) is 2.48. The molecule has 0 fully saturated rings. The summed E-state index contributed by atoms with van der Waals surface area (Å²) in [5.74, 6) is 0.738. The van der Waals surface area contributed by atoms with Gasteiger partial charge in [0.25, 0.3) is 0 Å². The molecule has 0 aliphatic carbocycles. The monoisotopic (exact) mass is 282 g/mol. The topological polar surface area (TPSA) is 54.5 Å². The Balaban J connectivity index is 2.35. The van der Waals surface area contributed by atoms with E-state index in [1.165, 1.54) is 18.2 Å². The largest absolute Gasteiger partial charge is 0.456 e. The van der Waals surface area contributed by atoms with Gasteiger partial charge in [-0.1, -0.05) is 17.7 Å². The molecule has 0 unspecified atom stereocenters. The summed E-state index contributed by atoms with van der Waals surface area (Å²) >= 11 is 5.91. The van der Waals surface area contributed by atoms with Crippen molar-refractivity contribution in [1.82, 2.24) is 0 Å². The minimum absolute atomic E-state index is 0.250. The Labute approximate surface area is 120 Å². The molecule has 0 saturated carbocycles. The van der Waals surface area contributed by atoms with Gasteiger partial charge in [0.2, 0.25) is 5.69 Å². The van der Waals surface area contributed by atoms with E-state index in [0.717, 1.165) is 0 Å². The van der Waals surface area contributed by atoms with E-state index in [9.17, 15) is 4.79 Å². The summed E-state index contributed by atoms with van der Waals surface area (Å²) in [7, 11) is 0. The van der Waals surface area contributed by atoms with Crippen molar-refractivity contribution in [2.24, 2.45) is 0 Å². The zero-order chi connectivity index (χ0) is 14.5. The highest BCUT2D eigenvalue weighted by molar-refractivity contribution is 6.33. The van der Waals surface area contributed by atoms with Gasteiger partial charge in [0.05, 0.1) is 17.2 Å². The number of benzene rings is 2. The quantitative estimate of drug-likeness (QED) is 0.620. The molecule has 0 radical (unpaired) electrons. The molecule has 2 rings (SSSR count). The van der Waals surface area contributed by atoms with Crippen LogP contribution in [0.5, 0.6) is 11.5 Å². The fourth-order valence-electron chi connectivity index (χ4n) is 1.57. The van der Waals surface area contributed by atoms with Crippen molar-refractivity contribution in [3.8, 4) is 17.6 Å². The molecule has 0 aliphatic heterocycles. The average molecular weight is 283 g/mol. The minimum Gasteiger partial charge on any atom is -0.456 e. The molecular weight excluding hydrogens is 276 g/mol. The number of ether oxygens (including phenoxy) is 1. The summed E-state index contributed by atoms with van der Waals surface area (Å²) in [6.07, 6.45) is 0.659. The highest BCUT2D eigenvalue weighted by Gasteiger charge is 2.08. The summed E-state index contributed by atoms with van der Waals surface area (Å²) in [6, 6.07) is 11.1. The lowest BCUT2D eigenvalue weighted by Crippen LogP contribution is -1.90. The van der Waals surface area contributed by atoms with Gasteiger partial charge in [-0.05, 0) is 30.3 Å². The zero-order valence-corrected chi connectivity index (χ0v) is 10.9. The Morgan fingerprint density at radius 1 is 1.30 bits per heavy atom. The molecule has 96 valence electrons. The summed E-state index contributed by atoms with van der Waals surface area (Å²) in [5.41, 5.74) is 0.978. The standard InChI is InChI=1S/C15H7ClN2O2/c1-18-14-4-3-12(7-13(14)16)20-15-5-2-10(9-19)6-11(15)8-17/h2-7,9H. The zero-order valence-electron chi connectivity index (χ0n) is 10.1. The minimum atomic E-state index is 0.250. The molecule has 20 heavy (non-hydrogen) atoms. The third-order valence-corrected chi connectivity index (χ3v) is 2.83. The van der Waals surface area contributed by atoms with Crippen LogP contribution in [0.15, 0.2) is 36.4 Å². The fourth-order valence-corrected chi connectivity index (χ4v) is 1.78. The van der Waals surface area contributed by atoms with E-state index < -0.39 is 0 Å². The number of halogens is 1. The first-order valence-electron chi connectivity index (χ1n) is 5.52. The van der Waals surface area contributed by atoms with Gasteiger partial charge in [0, 0.05) is 5.56 Å². The van der Waals surface area contributed by atoms with Crippen molar-refractivity contribution in [2.45, 2.75) is 0 Å². The van der Waals surface area contributed by atoms with Gasteiger partial charge >= 0.3 is 0 Å². The van der Waals surface area contributed by atoms with Crippen molar-refractivity contribution in [3.05, 3.63) is 64.0 Å². The van der Waals surface area contributed by atoms with E-state index in [-0.39, 0.29) is 10.6 Å². The van der Waals surface area contributed by atoms with E-state index in [1.807, 2.05) is 6.07 Å². The number of nitriles is 1. The van der Waals surface area contributed by atoms with Gasteiger partial charge in [-0.25, -0.2) is 4.85 Å². The molecule has 0 saturated heterocycles. The Kier molecular flexibility index (Phi) is 4.00. The second kappa shape index (κ2) is 5.88. The lowest BCUT2D eigenvalue weighted by molar-refractivity contribution is 0.112. The second-order valence-corrected chi connectivity index (χ2v) is 4.22. The lowest BCUT2D eigenvalue weighted by Gasteiger charge is -2.08. The predicted molar refractivity (Wildman–Crippen MR) is 74.3 cm³/mol. The number of rotatable bonds is 3. The van der Waals surface area contributed by atoms with E-state index in [4.69, 9.17) is 28.2 Å². The Bertz CT molecular complexity index is 757. The van der Waals surface area contributed by atoms with Gasteiger partial charge in [-0.3, -0.25) is 4.79 Å². The molecule has 0 aliphatic rings. The van der Waals surface area contributed by atoms with Crippen LogP contribution in [0.1, 0.15) is 15.9 Å². The van der Waals surface area contributed by atoms with Crippen LogP contribution in [0, 0.1) is 17.9 Å². The number of carbonyl (C=O) groups excluding carboxylic acids is 1. The Morgan fingerprint density at radius 2 is 2.10 bits per heavy atom. The van der Waals surface area contributed by atoms with Crippen molar-refractivity contribution >= 4 is 23.6 Å². The third kappa shape index (κ3) is 2.77. The molecule has 0 heterocycles. The maximum Gasteiger partial charge on any atom is 0.205 e. The number of hydrogen-bond acceptors (Lipinski definition) is 3. The highest BCUT2D eigenvalue weighted by Crippen LogP contribution is 2.32. The number of nitrogens with zero attached hydrogens (tertiary/aromatic N) is 2. The van der Waals surface area contributed by atoms with Gasteiger partial charge < -0.3 is 4.74 Å². The van der Waals surface area contributed by atoms with Crippen LogP contribution in [0.25, 0.3) is 4.85 Å². The van der Waals surface area contributed by atoms with Crippen LogP contribution in [-0.2, 0) is 0 Å². The van der Waals surface area contributed by atoms with Crippen LogP contribution in [0.2, 0.25) is 5.02 Å². The molecular formula is C15H7ClN2O2. The van der Waals surface area contributed by atoms with E-state index in [1.54, 1.807) is 18.2 Å². The molecule has 0 amide bonds. The molecule has 5 heteroatoms. The molecule has 2 aromatic rings. The maximum atomic E-state index is 10.7. The normalized spacial score (nSPS) is 9.35. The molecule has 0 atom stereocenters. The summed E-state index contributed by atoms with van der Waals surface area (Å²) < 4.78 is 5.55. The Morgan fingerprint density at radius 3 is 2.70 bits per heavy atom. The van der Waals surface area contributed by atoms with E-state index in [0.29, 0.717) is 29.0 Å². The number of hydrogen-bond donors (Lipinski definition) is 0. The highest BCUT2D eigenvalue weighted by atomic mass is 35.5. The SMILES string of the molecule is [C-]#[N+]c1ccc(Oc2ccc(C=O)cc2C#N)cc1Cl. The second-order valence-electron chi connectivity index (χ2n) is 3.81. The predicted octanol–water partition coefficient (Wildman–Crippen LogP) is 4.37. The van der Waals surface area contributed by atoms with Crippen LogP contribution >= 0.6 is 11.6 Å². The molecule has 0 aromatic heterocycles. The van der Waals surface area contributed by atoms with Gasteiger partial charge in [-0.2, -0.15) is 5.26 Å². The fraction of sp³-hybridized carbons (Fsp3) is 0. The maximum absolute atomic E-state index is 10.7.